The number of fused-ring (bicyclic) bond motifs is 2. The van der Waals surface area contributed by atoms with E-state index in [0.29, 0.717) is 41.5 Å². The molecule has 1 atom stereocenters. The van der Waals surface area contributed by atoms with E-state index in [0.717, 1.165) is 5.69 Å². The summed E-state index contributed by atoms with van der Waals surface area (Å²) in [6.07, 6.45) is 1.89. The number of nitrogens with zero attached hydrogens (tertiary/aromatic N) is 5. The van der Waals surface area contributed by atoms with Gasteiger partial charge >= 0.3 is 0 Å². The lowest BCUT2D eigenvalue weighted by Crippen LogP contribution is -2.34. The van der Waals surface area contributed by atoms with E-state index in [9.17, 15) is 9.59 Å². The lowest BCUT2D eigenvalue weighted by Gasteiger charge is -2.21. The molecule has 0 N–H and O–H groups in total. The normalized spacial score (nSPS) is 15.9. The Hall–Kier alpha value is -2.61. The summed E-state index contributed by atoms with van der Waals surface area (Å²) in [5.74, 6) is 0.756. The van der Waals surface area contributed by atoms with Crippen molar-refractivity contribution in [2.75, 3.05) is 18.8 Å². The standard InChI is InChI=1S/C19H21N5O2S/c1-3-22(4-2)16(25)10-14-12-27-19-21-17-15(18(26)23(14)19)11-20-24(17)13-8-6-5-7-9-13/h5-9,11,14H,3-4,10,12H2,1-2H3. The molecular weight excluding hydrogens is 362 g/mol. The molecule has 1 aliphatic rings. The molecule has 1 aromatic carbocycles. The van der Waals surface area contributed by atoms with E-state index < -0.39 is 0 Å². The highest BCUT2D eigenvalue weighted by atomic mass is 32.2. The maximum absolute atomic E-state index is 13.1. The summed E-state index contributed by atoms with van der Waals surface area (Å²) in [6, 6.07) is 9.47. The Kier molecular flexibility index (Phi) is 4.73. The summed E-state index contributed by atoms with van der Waals surface area (Å²) in [4.78, 5) is 32.1. The number of carbonyl (C=O) groups excluding carboxylic acids is 1. The third-order valence-corrected chi connectivity index (χ3v) is 6.00. The van der Waals surface area contributed by atoms with Crippen LogP contribution in [0.5, 0.6) is 0 Å². The van der Waals surface area contributed by atoms with Gasteiger partial charge in [0.15, 0.2) is 10.8 Å². The van der Waals surface area contributed by atoms with E-state index >= 15 is 0 Å². The molecule has 140 valence electrons. The third-order valence-electron chi connectivity index (χ3n) is 4.90. The van der Waals surface area contributed by atoms with Crippen LogP contribution in [0.3, 0.4) is 0 Å². The smallest absolute Gasteiger partial charge is 0.265 e. The van der Waals surface area contributed by atoms with Crippen LogP contribution in [0.25, 0.3) is 16.7 Å². The van der Waals surface area contributed by atoms with E-state index in [1.165, 1.54) is 11.8 Å². The number of carbonyl (C=O) groups is 1. The molecule has 27 heavy (non-hydrogen) atoms. The quantitative estimate of drug-likeness (QED) is 0.633. The molecule has 0 bridgehead atoms. The fourth-order valence-corrected chi connectivity index (χ4v) is 4.58. The first kappa shape index (κ1) is 17.8. The monoisotopic (exact) mass is 383 g/mol. The number of hydrogen-bond acceptors (Lipinski definition) is 5. The minimum absolute atomic E-state index is 0.0745. The predicted octanol–water partition coefficient (Wildman–Crippen LogP) is 2.49. The van der Waals surface area contributed by atoms with Gasteiger partial charge in [0.25, 0.3) is 5.56 Å². The second kappa shape index (κ2) is 7.19. The van der Waals surface area contributed by atoms with Crippen molar-refractivity contribution >= 4 is 28.7 Å². The molecule has 0 saturated heterocycles. The van der Waals surface area contributed by atoms with Crippen LogP contribution in [0, 0.1) is 0 Å². The molecule has 7 nitrogen and oxygen atoms in total. The molecule has 3 aromatic rings. The van der Waals surface area contributed by atoms with Crippen LogP contribution < -0.4 is 5.56 Å². The molecule has 4 rings (SSSR count). The van der Waals surface area contributed by atoms with Gasteiger partial charge in [-0.15, -0.1) is 0 Å². The Balaban J connectivity index is 1.73. The van der Waals surface area contributed by atoms with Gasteiger partial charge in [-0.1, -0.05) is 30.0 Å². The van der Waals surface area contributed by atoms with Gasteiger partial charge in [0.2, 0.25) is 5.91 Å². The maximum Gasteiger partial charge on any atom is 0.265 e. The number of para-hydroxylation sites is 1. The average molecular weight is 383 g/mol. The third kappa shape index (κ3) is 3.03. The molecule has 8 heteroatoms. The van der Waals surface area contributed by atoms with Crippen molar-refractivity contribution in [3.05, 3.63) is 46.9 Å². The molecule has 1 unspecified atom stereocenters. The Morgan fingerprint density at radius 3 is 2.70 bits per heavy atom. The second-order valence-electron chi connectivity index (χ2n) is 6.43. The van der Waals surface area contributed by atoms with E-state index in [1.54, 1.807) is 20.3 Å². The minimum Gasteiger partial charge on any atom is -0.343 e. The van der Waals surface area contributed by atoms with Gasteiger partial charge in [-0.05, 0) is 26.0 Å². The molecule has 0 fully saturated rings. The van der Waals surface area contributed by atoms with Gasteiger partial charge in [-0.2, -0.15) is 5.10 Å². The van der Waals surface area contributed by atoms with Gasteiger partial charge < -0.3 is 4.90 Å². The Bertz CT molecular complexity index is 1040. The molecule has 0 spiro atoms. The number of amides is 1. The lowest BCUT2D eigenvalue weighted by molar-refractivity contribution is -0.131. The number of aromatic nitrogens is 4. The summed E-state index contributed by atoms with van der Waals surface area (Å²) in [7, 11) is 0. The fraction of sp³-hybridized carbons (Fsp3) is 0.368. The molecule has 1 amide bonds. The first-order valence-corrected chi connectivity index (χ1v) is 10.1. The Labute approximate surface area is 161 Å². The summed E-state index contributed by atoms with van der Waals surface area (Å²) in [5, 5.41) is 5.50. The Morgan fingerprint density at radius 2 is 2.00 bits per heavy atom. The molecule has 0 saturated carbocycles. The van der Waals surface area contributed by atoms with Crippen LogP contribution in [-0.2, 0) is 4.79 Å². The second-order valence-corrected chi connectivity index (χ2v) is 7.42. The highest BCUT2D eigenvalue weighted by Gasteiger charge is 2.30. The summed E-state index contributed by atoms with van der Waals surface area (Å²) in [6.45, 7) is 5.29. The highest BCUT2D eigenvalue weighted by Crippen LogP contribution is 2.33. The maximum atomic E-state index is 13.1. The first-order chi connectivity index (χ1) is 13.1. The van der Waals surface area contributed by atoms with Crippen molar-refractivity contribution in [1.29, 1.82) is 0 Å². The van der Waals surface area contributed by atoms with Crippen molar-refractivity contribution in [3.63, 3.8) is 0 Å². The van der Waals surface area contributed by atoms with E-state index in [2.05, 4.69) is 5.10 Å². The number of rotatable bonds is 5. The zero-order valence-corrected chi connectivity index (χ0v) is 16.1. The molecule has 0 radical (unpaired) electrons. The largest absolute Gasteiger partial charge is 0.343 e. The SMILES string of the molecule is CCN(CC)C(=O)CC1CSc2nc3c(cnn3-c3ccccc3)c(=O)n21. The molecule has 2 aromatic heterocycles. The van der Waals surface area contributed by atoms with Gasteiger partial charge in [0.1, 0.15) is 5.39 Å². The van der Waals surface area contributed by atoms with Crippen LogP contribution in [-0.4, -0.2) is 49.0 Å². The van der Waals surface area contributed by atoms with E-state index in [4.69, 9.17) is 4.98 Å². The summed E-state index contributed by atoms with van der Waals surface area (Å²) < 4.78 is 3.36. The summed E-state index contributed by atoms with van der Waals surface area (Å²) >= 11 is 1.52. The van der Waals surface area contributed by atoms with E-state index in [-0.39, 0.29) is 17.5 Å². The topological polar surface area (TPSA) is 73.0 Å². The number of thioether (sulfide) groups is 1. The first-order valence-electron chi connectivity index (χ1n) is 9.10. The van der Waals surface area contributed by atoms with Crippen LogP contribution in [0.15, 0.2) is 46.5 Å². The Morgan fingerprint density at radius 1 is 1.26 bits per heavy atom. The molecule has 0 aliphatic carbocycles. The molecule has 3 heterocycles. The molecular formula is C19H21N5O2S. The van der Waals surface area contributed by atoms with E-state index in [1.807, 2.05) is 44.2 Å². The van der Waals surface area contributed by atoms with Crippen LogP contribution >= 0.6 is 11.8 Å². The van der Waals surface area contributed by atoms with Crippen molar-refractivity contribution in [3.8, 4) is 5.69 Å². The number of benzene rings is 1. The van der Waals surface area contributed by atoms with Crippen molar-refractivity contribution in [2.24, 2.45) is 0 Å². The van der Waals surface area contributed by atoms with Gasteiger partial charge in [-0.3, -0.25) is 14.2 Å². The molecule has 1 aliphatic heterocycles. The van der Waals surface area contributed by atoms with Crippen LogP contribution in [0.4, 0.5) is 0 Å². The summed E-state index contributed by atoms with van der Waals surface area (Å²) in [5.41, 5.74) is 1.29. The van der Waals surface area contributed by atoms with Crippen molar-refractivity contribution < 1.29 is 4.79 Å². The van der Waals surface area contributed by atoms with Crippen molar-refractivity contribution in [1.82, 2.24) is 24.2 Å². The zero-order chi connectivity index (χ0) is 19.0. The van der Waals surface area contributed by atoms with Gasteiger partial charge in [0, 0.05) is 25.3 Å². The van der Waals surface area contributed by atoms with Crippen LogP contribution in [0.2, 0.25) is 0 Å². The van der Waals surface area contributed by atoms with Gasteiger partial charge in [0.05, 0.1) is 17.9 Å². The minimum atomic E-state index is -0.164. The average Bonchev–Trinajstić information content (AvgIpc) is 3.28. The van der Waals surface area contributed by atoms with Crippen LogP contribution in [0.1, 0.15) is 26.3 Å². The van der Waals surface area contributed by atoms with Crippen molar-refractivity contribution in [2.45, 2.75) is 31.5 Å². The number of hydrogen-bond donors (Lipinski definition) is 0. The highest BCUT2D eigenvalue weighted by molar-refractivity contribution is 7.99. The lowest BCUT2D eigenvalue weighted by atomic mass is 10.2. The fourth-order valence-electron chi connectivity index (χ4n) is 3.45. The predicted molar refractivity (Wildman–Crippen MR) is 105 cm³/mol. The zero-order valence-electron chi connectivity index (χ0n) is 15.3. The van der Waals surface area contributed by atoms with Gasteiger partial charge in [-0.25, -0.2) is 9.67 Å².